The molecule has 7 nitrogen and oxygen atoms in total. The first-order valence-electron chi connectivity index (χ1n) is 8.15. The van der Waals surface area contributed by atoms with Crippen molar-refractivity contribution in [3.05, 3.63) is 78.1 Å². The van der Waals surface area contributed by atoms with Gasteiger partial charge in [-0.3, -0.25) is 19.0 Å². The normalized spacial score (nSPS) is 12.6. The molecule has 28 heavy (non-hydrogen) atoms. The Labute approximate surface area is 170 Å². The molecular formula is C19H12BrN3O4S. The number of anilines is 1. The van der Waals surface area contributed by atoms with Crippen molar-refractivity contribution in [2.45, 2.75) is 6.54 Å². The van der Waals surface area contributed by atoms with Gasteiger partial charge in [0.25, 0.3) is 5.91 Å². The van der Waals surface area contributed by atoms with Gasteiger partial charge in [-0.1, -0.05) is 45.5 Å². The van der Waals surface area contributed by atoms with Gasteiger partial charge in [-0.05, 0) is 30.3 Å². The van der Waals surface area contributed by atoms with Gasteiger partial charge < -0.3 is 10.4 Å². The van der Waals surface area contributed by atoms with E-state index in [2.05, 4.69) is 26.2 Å². The lowest BCUT2D eigenvalue weighted by molar-refractivity contribution is -0.117. The third-order valence-corrected chi connectivity index (χ3v) is 5.65. The van der Waals surface area contributed by atoms with Crippen molar-refractivity contribution < 1.29 is 14.7 Å². The molecule has 1 aliphatic heterocycles. The van der Waals surface area contributed by atoms with Gasteiger partial charge in [-0.25, -0.2) is 4.99 Å². The van der Waals surface area contributed by atoms with Crippen LogP contribution in [0, 0.1) is 0 Å². The molecule has 0 saturated carbocycles. The molecule has 1 aromatic heterocycles. The van der Waals surface area contributed by atoms with Crippen LogP contribution in [0.3, 0.4) is 0 Å². The Morgan fingerprint density at radius 2 is 1.86 bits per heavy atom. The highest BCUT2D eigenvalue weighted by Crippen LogP contribution is 2.28. The number of aromatic hydroxyl groups is 1. The second kappa shape index (κ2) is 7.17. The number of nitrogens with zero attached hydrogens (tertiary/aromatic N) is 2. The van der Waals surface area contributed by atoms with Crippen molar-refractivity contribution in [3.8, 4) is 5.88 Å². The Morgan fingerprint density at radius 1 is 1.14 bits per heavy atom. The summed E-state index contributed by atoms with van der Waals surface area (Å²) in [5.74, 6) is -1.42. The summed E-state index contributed by atoms with van der Waals surface area (Å²) in [6.07, 6.45) is 0. The molecule has 3 aromatic rings. The van der Waals surface area contributed by atoms with Crippen molar-refractivity contribution in [2.24, 2.45) is 4.99 Å². The highest BCUT2D eigenvalue weighted by molar-refractivity contribution is 9.10. The molecule has 0 aliphatic carbocycles. The molecule has 0 bridgehead atoms. The smallest absolute Gasteiger partial charge is 0.311 e. The maximum Gasteiger partial charge on any atom is 0.311 e. The maximum atomic E-state index is 12.3. The zero-order valence-corrected chi connectivity index (χ0v) is 16.6. The molecule has 2 aromatic carbocycles. The second-order valence-electron chi connectivity index (χ2n) is 5.97. The molecular weight excluding hydrogens is 446 g/mol. The highest BCUT2D eigenvalue weighted by atomic mass is 79.9. The van der Waals surface area contributed by atoms with Crippen LogP contribution in [0.5, 0.6) is 5.88 Å². The quantitative estimate of drug-likeness (QED) is 0.617. The van der Waals surface area contributed by atoms with Crippen LogP contribution < -0.4 is 20.8 Å². The van der Waals surface area contributed by atoms with E-state index in [1.807, 2.05) is 0 Å². The Bertz CT molecular complexity index is 1290. The summed E-state index contributed by atoms with van der Waals surface area (Å²) in [5.41, 5.74) is 0.728. The van der Waals surface area contributed by atoms with Gasteiger partial charge in [-0.15, -0.1) is 0 Å². The third kappa shape index (κ3) is 3.30. The maximum absolute atomic E-state index is 12.3. The van der Waals surface area contributed by atoms with Gasteiger partial charge in [0.05, 0.1) is 10.9 Å². The Morgan fingerprint density at radius 3 is 2.61 bits per heavy atom. The number of benzene rings is 2. The lowest BCUT2D eigenvalue weighted by Crippen LogP contribution is -2.24. The SMILES string of the molecule is O=C(Cn1c(O)c(C2=c3ccccc3=NC2=O)sc1=O)Nc1ccc(Br)cc1. The van der Waals surface area contributed by atoms with Gasteiger partial charge in [0.2, 0.25) is 11.8 Å². The number of amides is 2. The number of thiazole rings is 1. The average molecular weight is 458 g/mol. The van der Waals surface area contributed by atoms with Gasteiger partial charge in [0, 0.05) is 15.4 Å². The predicted molar refractivity (Wildman–Crippen MR) is 108 cm³/mol. The van der Waals surface area contributed by atoms with Crippen molar-refractivity contribution in [1.29, 1.82) is 0 Å². The van der Waals surface area contributed by atoms with E-state index in [1.165, 1.54) is 0 Å². The molecule has 4 rings (SSSR count). The molecule has 0 saturated heterocycles. The van der Waals surface area contributed by atoms with Gasteiger partial charge >= 0.3 is 4.87 Å². The lowest BCUT2D eigenvalue weighted by atomic mass is 10.1. The molecule has 2 N–H and O–H groups in total. The Balaban J connectivity index is 1.67. The minimum absolute atomic E-state index is 0.111. The fourth-order valence-corrected chi connectivity index (χ4v) is 4.06. The number of hydrogen-bond acceptors (Lipinski definition) is 5. The van der Waals surface area contributed by atoms with Crippen molar-refractivity contribution in [3.63, 3.8) is 0 Å². The summed E-state index contributed by atoms with van der Waals surface area (Å²) < 4.78 is 1.81. The van der Waals surface area contributed by atoms with Crippen LogP contribution in [0.2, 0.25) is 0 Å². The minimum atomic E-state index is -0.539. The number of carbonyl (C=O) groups excluding carboxylic acids is 2. The van der Waals surface area contributed by atoms with Crippen LogP contribution in [-0.2, 0) is 16.1 Å². The van der Waals surface area contributed by atoms with Crippen LogP contribution in [-0.4, -0.2) is 21.5 Å². The lowest BCUT2D eigenvalue weighted by Gasteiger charge is -2.07. The number of carbonyl (C=O) groups is 2. The topological polar surface area (TPSA) is 101 Å². The van der Waals surface area contributed by atoms with Gasteiger partial charge in [-0.2, -0.15) is 0 Å². The van der Waals surface area contributed by atoms with Crippen molar-refractivity contribution in [1.82, 2.24) is 4.57 Å². The van der Waals surface area contributed by atoms with E-state index < -0.39 is 22.6 Å². The molecule has 0 fully saturated rings. The Hall–Kier alpha value is -3.04. The third-order valence-electron chi connectivity index (χ3n) is 4.13. The number of nitrogens with one attached hydrogen (secondary N) is 1. The number of hydrogen-bond donors (Lipinski definition) is 2. The van der Waals surface area contributed by atoms with E-state index in [4.69, 9.17) is 0 Å². The molecule has 9 heteroatoms. The average Bonchev–Trinajstić information content (AvgIpc) is 3.13. The first kappa shape index (κ1) is 18.3. The summed E-state index contributed by atoms with van der Waals surface area (Å²) in [6, 6.07) is 13.8. The summed E-state index contributed by atoms with van der Waals surface area (Å²) in [6.45, 7) is -0.377. The van der Waals surface area contributed by atoms with Crippen LogP contribution in [0.25, 0.3) is 5.57 Å². The molecule has 1 aliphatic rings. The molecule has 2 heterocycles. The fourth-order valence-electron chi connectivity index (χ4n) is 2.86. The minimum Gasteiger partial charge on any atom is -0.493 e. The van der Waals surface area contributed by atoms with E-state index >= 15 is 0 Å². The number of aromatic nitrogens is 1. The van der Waals surface area contributed by atoms with E-state index in [1.54, 1.807) is 48.5 Å². The number of halogens is 1. The summed E-state index contributed by atoms with van der Waals surface area (Å²) in [4.78, 5) is 40.4. The van der Waals surface area contributed by atoms with E-state index in [0.29, 0.717) is 27.6 Å². The monoisotopic (exact) mass is 457 g/mol. The molecule has 0 spiro atoms. The second-order valence-corrected chi connectivity index (χ2v) is 7.85. The predicted octanol–water partition coefficient (Wildman–Crippen LogP) is 1.38. The summed E-state index contributed by atoms with van der Waals surface area (Å²) in [7, 11) is 0. The number of para-hydroxylation sites is 1. The van der Waals surface area contributed by atoms with Crippen molar-refractivity contribution >= 4 is 50.3 Å². The molecule has 0 atom stereocenters. The van der Waals surface area contributed by atoms with Crippen LogP contribution in [0.1, 0.15) is 4.88 Å². The standard InChI is InChI=1S/C19H12BrN3O4S/c20-10-5-7-11(8-6-10)21-14(24)9-23-18(26)16(28-19(23)27)15-12-3-1-2-4-13(12)22-17(15)25/h1-8,26H,9H2,(H,21,24). The molecule has 140 valence electrons. The summed E-state index contributed by atoms with van der Waals surface area (Å²) in [5, 5.41) is 14.2. The van der Waals surface area contributed by atoms with Crippen molar-refractivity contribution in [2.75, 3.05) is 5.32 Å². The van der Waals surface area contributed by atoms with E-state index in [0.717, 1.165) is 9.04 Å². The first-order valence-corrected chi connectivity index (χ1v) is 9.76. The largest absolute Gasteiger partial charge is 0.493 e. The Kier molecular flexibility index (Phi) is 4.70. The summed E-state index contributed by atoms with van der Waals surface area (Å²) >= 11 is 4.02. The zero-order valence-electron chi connectivity index (χ0n) is 14.2. The van der Waals surface area contributed by atoms with Gasteiger partial charge in [0.15, 0.2) is 0 Å². The van der Waals surface area contributed by atoms with Gasteiger partial charge in [0.1, 0.15) is 11.4 Å². The van der Waals surface area contributed by atoms with Crippen LogP contribution in [0.4, 0.5) is 5.69 Å². The number of fused-ring (bicyclic) bond motifs is 1. The highest BCUT2D eigenvalue weighted by Gasteiger charge is 2.26. The molecule has 0 unspecified atom stereocenters. The fraction of sp³-hybridized carbons (Fsp3) is 0.0526. The number of rotatable bonds is 4. The zero-order chi connectivity index (χ0) is 19.8. The first-order chi connectivity index (χ1) is 13.4. The van der Waals surface area contributed by atoms with Crippen LogP contribution in [0.15, 0.2) is 62.8 Å². The molecule has 0 radical (unpaired) electrons. The van der Waals surface area contributed by atoms with E-state index in [9.17, 15) is 19.5 Å². The van der Waals surface area contributed by atoms with E-state index in [-0.39, 0.29) is 17.0 Å². The molecule has 2 amide bonds. The van der Waals surface area contributed by atoms with Crippen LogP contribution >= 0.6 is 27.3 Å².